The first-order valence-electron chi connectivity index (χ1n) is 11.8. The number of rotatable bonds is 7. The van der Waals surface area contributed by atoms with Gasteiger partial charge in [0, 0.05) is 27.6 Å². The standard InChI is InChI=1S/C31H24O5/c1-19(2)31(34)35-17-7-8-20-13-15-22(16-14-20)36-30-23-10-4-3-9-21(23)18-26-27(30)29(33)25-12-6-5-11-24(25)28(26)32/h3-6,9-16,18H,1,7-8,17H2,2H3. The van der Waals surface area contributed by atoms with Gasteiger partial charge in [0.05, 0.1) is 12.2 Å². The van der Waals surface area contributed by atoms with Gasteiger partial charge in [0.2, 0.25) is 0 Å². The fraction of sp³-hybridized carbons (Fsp3) is 0.129. The minimum absolute atomic E-state index is 0.182. The van der Waals surface area contributed by atoms with Crippen molar-refractivity contribution in [3.8, 4) is 11.5 Å². The number of benzene rings is 4. The Morgan fingerprint density at radius 1 is 0.833 bits per heavy atom. The molecule has 0 fully saturated rings. The molecule has 0 N–H and O–H groups in total. The molecule has 0 aliphatic heterocycles. The quantitative estimate of drug-likeness (QED) is 0.153. The highest BCUT2D eigenvalue weighted by molar-refractivity contribution is 6.31. The minimum Gasteiger partial charge on any atom is -0.462 e. The van der Waals surface area contributed by atoms with Crippen molar-refractivity contribution in [1.29, 1.82) is 0 Å². The van der Waals surface area contributed by atoms with E-state index in [1.807, 2.05) is 48.5 Å². The van der Waals surface area contributed by atoms with Crippen LogP contribution in [0.15, 0.2) is 91.0 Å². The van der Waals surface area contributed by atoms with Crippen LogP contribution in [0, 0.1) is 0 Å². The van der Waals surface area contributed by atoms with Gasteiger partial charge in [-0.2, -0.15) is 0 Å². The zero-order valence-electron chi connectivity index (χ0n) is 19.9. The van der Waals surface area contributed by atoms with Crippen molar-refractivity contribution < 1.29 is 23.9 Å². The van der Waals surface area contributed by atoms with Gasteiger partial charge in [0.15, 0.2) is 11.6 Å². The Morgan fingerprint density at radius 2 is 1.50 bits per heavy atom. The highest BCUT2D eigenvalue weighted by Crippen LogP contribution is 2.41. The molecule has 0 heterocycles. The normalized spacial score (nSPS) is 12.1. The van der Waals surface area contributed by atoms with E-state index in [9.17, 15) is 14.4 Å². The smallest absolute Gasteiger partial charge is 0.333 e. The molecule has 0 spiro atoms. The lowest BCUT2D eigenvalue weighted by Gasteiger charge is -2.22. The molecule has 0 atom stereocenters. The van der Waals surface area contributed by atoms with E-state index in [1.54, 1.807) is 37.3 Å². The first kappa shape index (κ1) is 23.2. The summed E-state index contributed by atoms with van der Waals surface area (Å²) >= 11 is 0. The molecule has 4 aromatic carbocycles. The molecule has 0 saturated heterocycles. The monoisotopic (exact) mass is 476 g/mol. The van der Waals surface area contributed by atoms with Gasteiger partial charge in [-0.1, -0.05) is 67.2 Å². The Kier molecular flexibility index (Phi) is 6.21. The molecule has 0 amide bonds. The zero-order valence-corrected chi connectivity index (χ0v) is 19.9. The molecule has 1 aliphatic rings. The van der Waals surface area contributed by atoms with Crippen LogP contribution >= 0.6 is 0 Å². The van der Waals surface area contributed by atoms with E-state index in [4.69, 9.17) is 9.47 Å². The molecule has 0 aromatic heterocycles. The molecule has 1 aliphatic carbocycles. The summed E-state index contributed by atoms with van der Waals surface area (Å²) in [6, 6.07) is 23.8. The van der Waals surface area contributed by atoms with Crippen molar-refractivity contribution in [1.82, 2.24) is 0 Å². The Morgan fingerprint density at radius 3 is 2.22 bits per heavy atom. The molecule has 4 aromatic rings. The van der Waals surface area contributed by atoms with Crippen LogP contribution in [0.1, 0.15) is 50.8 Å². The van der Waals surface area contributed by atoms with Crippen LogP contribution in [0.4, 0.5) is 0 Å². The van der Waals surface area contributed by atoms with Crippen LogP contribution < -0.4 is 4.74 Å². The first-order valence-corrected chi connectivity index (χ1v) is 11.8. The number of ketones is 2. The summed E-state index contributed by atoms with van der Waals surface area (Å²) in [6.45, 7) is 5.52. The molecule has 178 valence electrons. The lowest BCUT2D eigenvalue weighted by Crippen LogP contribution is -2.21. The highest BCUT2D eigenvalue weighted by Gasteiger charge is 2.33. The van der Waals surface area contributed by atoms with Crippen LogP contribution in [-0.4, -0.2) is 24.1 Å². The maximum absolute atomic E-state index is 13.5. The largest absolute Gasteiger partial charge is 0.462 e. The second-order valence-electron chi connectivity index (χ2n) is 8.82. The van der Waals surface area contributed by atoms with Crippen LogP contribution in [-0.2, 0) is 16.0 Å². The van der Waals surface area contributed by atoms with Gasteiger partial charge in [0.1, 0.15) is 11.5 Å². The summed E-state index contributed by atoms with van der Waals surface area (Å²) in [6.07, 6.45) is 1.42. The number of ether oxygens (including phenoxy) is 2. The highest BCUT2D eigenvalue weighted by atomic mass is 16.5. The van der Waals surface area contributed by atoms with E-state index >= 15 is 0 Å². The van der Waals surface area contributed by atoms with E-state index in [2.05, 4.69) is 6.58 Å². The van der Waals surface area contributed by atoms with Gasteiger partial charge in [-0.3, -0.25) is 9.59 Å². The van der Waals surface area contributed by atoms with E-state index in [0.717, 1.165) is 22.8 Å². The predicted octanol–water partition coefficient (Wildman–Crippen LogP) is 6.46. The van der Waals surface area contributed by atoms with Crippen molar-refractivity contribution in [2.75, 3.05) is 6.61 Å². The number of aryl methyl sites for hydroxylation is 1. The van der Waals surface area contributed by atoms with Crippen LogP contribution in [0.2, 0.25) is 0 Å². The van der Waals surface area contributed by atoms with Crippen molar-refractivity contribution in [3.05, 3.63) is 119 Å². The Hall–Kier alpha value is -4.51. The lowest BCUT2D eigenvalue weighted by molar-refractivity contribution is -0.139. The van der Waals surface area contributed by atoms with Gasteiger partial charge >= 0.3 is 5.97 Å². The van der Waals surface area contributed by atoms with E-state index < -0.39 is 0 Å². The number of esters is 1. The number of hydrogen-bond donors (Lipinski definition) is 0. The summed E-state index contributed by atoms with van der Waals surface area (Å²) in [7, 11) is 0. The third-order valence-corrected chi connectivity index (χ3v) is 6.22. The van der Waals surface area contributed by atoms with Crippen molar-refractivity contribution >= 4 is 28.3 Å². The van der Waals surface area contributed by atoms with Crippen LogP contribution in [0.5, 0.6) is 11.5 Å². The number of carbonyl (C=O) groups excluding carboxylic acids is 3. The topological polar surface area (TPSA) is 69.7 Å². The molecule has 5 nitrogen and oxygen atoms in total. The third-order valence-electron chi connectivity index (χ3n) is 6.22. The van der Waals surface area contributed by atoms with E-state index in [1.165, 1.54) is 0 Å². The Balaban J connectivity index is 1.44. The van der Waals surface area contributed by atoms with Crippen molar-refractivity contribution in [2.24, 2.45) is 0 Å². The molecule has 5 rings (SSSR count). The SMILES string of the molecule is C=C(C)C(=O)OCCCc1ccc(Oc2c3c(cc4ccccc24)C(=O)c2ccccc2C3=O)cc1. The molecule has 0 unspecified atom stereocenters. The van der Waals surface area contributed by atoms with Gasteiger partial charge in [-0.25, -0.2) is 4.79 Å². The zero-order chi connectivity index (χ0) is 25.2. The Bertz CT molecular complexity index is 1530. The molecule has 36 heavy (non-hydrogen) atoms. The fourth-order valence-corrected chi connectivity index (χ4v) is 4.39. The maximum Gasteiger partial charge on any atom is 0.333 e. The van der Waals surface area contributed by atoms with Crippen LogP contribution in [0.25, 0.3) is 10.8 Å². The van der Waals surface area contributed by atoms with Gasteiger partial charge < -0.3 is 9.47 Å². The van der Waals surface area contributed by atoms with Crippen molar-refractivity contribution in [2.45, 2.75) is 19.8 Å². The number of hydrogen-bond acceptors (Lipinski definition) is 5. The predicted molar refractivity (Wildman–Crippen MR) is 138 cm³/mol. The second kappa shape index (κ2) is 9.62. The maximum atomic E-state index is 13.5. The van der Waals surface area contributed by atoms with Gasteiger partial charge in [-0.15, -0.1) is 0 Å². The summed E-state index contributed by atoms with van der Waals surface area (Å²) in [4.78, 5) is 38.3. The second-order valence-corrected chi connectivity index (χ2v) is 8.82. The minimum atomic E-state index is -0.382. The molecule has 5 heteroatoms. The van der Waals surface area contributed by atoms with Crippen LogP contribution in [0.3, 0.4) is 0 Å². The van der Waals surface area contributed by atoms with Crippen molar-refractivity contribution in [3.63, 3.8) is 0 Å². The molecular weight excluding hydrogens is 452 g/mol. The number of fused-ring (bicyclic) bond motifs is 3. The molecular formula is C31H24O5. The molecule has 0 bridgehead atoms. The Labute approximate surface area is 209 Å². The number of carbonyl (C=O) groups is 3. The average molecular weight is 477 g/mol. The summed E-state index contributed by atoms with van der Waals surface area (Å²) in [5.41, 5.74) is 2.89. The lowest BCUT2D eigenvalue weighted by atomic mass is 9.82. The summed E-state index contributed by atoms with van der Waals surface area (Å²) in [5, 5.41) is 1.59. The van der Waals surface area contributed by atoms with E-state index in [0.29, 0.717) is 52.4 Å². The van der Waals surface area contributed by atoms with Gasteiger partial charge in [-0.05, 0) is 48.9 Å². The molecule has 0 radical (unpaired) electrons. The average Bonchev–Trinajstić information content (AvgIpc) is 2.90. The first-order chi connectivity index (χ1) is 17.4. The molecule has 0 saturated carbocycles. The fourth-order valence-electron chi connectivity index (χ4n) is 4.39. The third kappa shape index (κ3) is 4.31. The van der Waals surface area contributed by atoms with Gasteiger partial charge in [0.25, 0.3) is 0 Å². The summed E-state index contributed by atoms with van der Waals surface area (Å²) in [5.74, 6) is 0.161. The summed E-state index contributed by atoms with van der Waals surface area (Å²) < 4.78 is 11.5. The van der Waals surface area contributed by atoms with E-state index in [-0.39, 0.29) is 17.5 Å².